The summed E-state index contributed by atoms with van der Waals surface area (Å²) in [5.74, 6) is 0.595. The summed E-state index contributed by atoms with van der Waals surface area (Å²) in [6.45, 7) is 4.39. The lowest BCUT2D eigenvalue weighted by molar-refractivity contribution is -0.125. The normalized spacial score (nSPS) is 36.2. The lowest BCUT2D eigenvalue weighted by atomic mass is 9.94. The highest BCUT2D eigenvalue weighted by molar-refractivity contribution is 5.79. The van der Waals surface area contributed by atoms with Gasteiger partial charge in [-0.3, -0.25) is 4.79 Å². The molecule has 0 radical (unpaired) electrons. The van der Waals surface area contributed by atoms with Crippen LogP contribution in [0.4, 0.5) is 0 Å². The Bertz CT molecular complexity index is 248. The summed E-state index contributed by atoms with van der Waals surface area (Å²) in [7, 11) is 0. The van der Waals surface area contributed by atoms with Crippen molar-refractivity contribution in [1.82, 2.24) is 10.6 Å². The Balaban J connectivity index is 1.82. The minimum Gasteiger partial charge on any atom is -0.352 e. The highest BCUT2D eigenvalue weighted by atomic mass is 16.1. The first-order chi connectivity index (χ1) is 7.66. The maximum absolute atomic E-state index is 12.0. The Morgan fingerprint density at radius 3 is 2.44 bits per heavy atom. The van der Waals surface area contributed by atoms with Crippen LogP contribution in [-0.4, -0.2) is 24.0 Å². The summed E-state index contributed by atoms with van der Waals surface area (Å²) < 4.78 is 0. The molecule has 1 amide bonds. The molecule has 92 valence electrons. The zero-order valence-electron chi connectivity index (χ0n) is 10.5. The minimum absolute atomic E-state index is 0.297. The van der Waals surface area contributed by atoms with Gasteiger partial charge in [0.15, 0.2) is 0 Å². The molecule has 3 unspecified atom stereocenters. The van der Waals surface area contributed by atoms with Crippen LogP contribution >= 0.6 is 0 Å². The van der Waals surface area contributed by atoms with Gasteiger partial charge in [0, 0.05) is 24.0 Å². The largest absolute Gasteiger partial charge is 0.352 e. The van der Waals surface area contributed by atoms with Crippen molar-refractivity contribution in [2.75, 3.05) is 0 Å². The second kappa shape index (κ2) is 5.17. The number of carbonyl (C=O) groups excluding carboxylic acids is 1. The zero-order valence-corrected chi connectivity index (χ0v) is 10.5. The highest BCUT2D eigenvalue weighted by Gasteiger charge is 2.29. The molecule has 0 bridgehead atoms. The van der Waals surface area contributed by atoms with Gasteiger partial charge < -0.3 is 10.6 Å². The molecule has 2 aliphatic rings. The van der Waals surface area contributed by atoms with E-state index in [2.05, 4.69) is 24.5 Å². The Labute approximate surface area is 98.4 Å². The average Bonchev–Trinajstić information content (AvgIpc) is 2.75. The second-order valence-corrected chi connectivity index (χ2v) is 5.53. The first kappa shape index (κ1) is 11.9. The predicted octanol–water partition coefficient (Wildman–Crippen LogP) is 1.82. The minimum atomic E-state index is 0.297. The molecule has 0 aromatic carbocycles. The molecule has 1 aliphatic heterocycles. The molecule has 2 N–H and O–H groups in total. The number of nitrogens with one attached hydrogen (secondary N) is 2. The lowest BCUT2D eigenvalue weighted by Crippen LogP contribution is -2.55. The van der Waals surface area contributed by atoms with Crippen LogP contribution in [0.2, 0.25) is 0 Å². The van der Waals surface area contributed by atoms with Gasteiger partial charge >= 0.3 is 0 Å². The van der Waals surface area contributed by atoms with Crippen molar-refractivity contribution in [3.05, 3.63) is 0 Å². The average molecular weight is 224 g/mol. The third-order valence-corrected chi connectivity index (χ3v) is 4.12. The highest BCUT2D eigenvalue weighted by Crippen LogP contribution is 2.25. The van der Waals surface area contributed by atoms with Gasteiger partial charge in [-0.1, -0.05) is 12.8 Å². The Hall–Kier alpha value is -0.570. The van der Waals surface area contributed by atoms with Gasteiger partial charge in [0.2, 0.25) is 5.91 Å². The van der Waals surface area contributed by atoms with Gasteiger partial charge in [-0.05, 0) is 39.5 Å². The van der Waals surface area contributed by atoms with Crippen molar-refractivity contribution < 1.29 is 4.79 Å². The van der Waals surface area contributed by atoms with Crippen LogP contribution in [0, 0.1) is 5.92 Å². The molecule has 1 saturated heterocycles. The lowest BCUT2D eigenvalue weighted by Gasteiger charge is -2.35. The van der Waals surface area contributed by atoms with Crippen molar-refractivity contribution in [2.45, 2.75) is 70.5 Å². The summed E-state index contributed by atoms with van der Waals surface area (Å²) in [6, 6.07) is 1.34. The molecule has 1 aliphatic carbocycles. The molecule has 3 atom stereocenters. The Morgan fingerprint density at radius 2 is 1.81 bits per heavy atom. The fourth-order valence-corrected chi connectivity index (χ4v) is 3.01. The monoisotopic (exact) mass is 224 g/mol. The van der Waals surface area contributed by atoms with Gasteiger partial charge in [0.1, 0.15) is 0 Å². The number of rotatable bonds is 2. The molecule has 2 fully saturated rings. The summed E-state index contributed by atoms with van der Waals surface area (Å²) in [5.41, 5.74) is 0. The fraction of sp³-hybridized carbons (Fsp3) is 0.923. The molecular weight excluding hydrogens is 200 g/mol. The quantitative estimate of drug-likeness (QED) is 0.751. The van der Waals surface area contributed by atoms with Crippen LogP contribution in [0.5, 0.6) is 0 Å². The predicted molar refractivity (Wildman–Crippen MR) is 65.2 cm³/mol. The Morgan fingerprint density at radius 1 is 1.12 bits per heavy atom. The first-order valence-electron chi connectivity index (χ1n) is 6.73. The molecular formula is C13H24N2O. The van der Waals surface area contributed by atoms with E-state index in [-0.39, 0.29) is 0 Å². The van der Waals surface area contributed by atoms with Crippen LogP contribution in [-0.2, 0) is 4.79 Å². The van der Waals surface area contributed by atoms with Gasteiger partial charge in [-0.2, -0.15) is 0 Å². The maximum Gasteiger partial charge on any atom is 0.223 e. The smallest absolute Gasteiger partial charge is 0.223 e. The van der Waals surface area contributed by atoms with E-state index < -0.39 is 0 Å². The van der Waals surface area contributed by atoms with Gasteiger partial charge in [-0.15, -0.1) is 0 Å². The fourth-order valence-electron chi connectivity index (χ4n) is 3.01. The third kappa shape index (κ3) is 2.76. The zero-order chi connectivity index (χ0) is 11.5. The molecule has 16 heavy (non-hydrogen) atoms. The van der Waals surface area contributed by atoms with Crippen LogP contribution in [0.1, 0.15) is 52.4 Å². The molecule has 1 saturated carbocycles. The molecule has 2 rings (SSSR count). The van der Waals surface area contributed by atoms with Crippen molar-refractivity contribution in [1.29, 1.82) is 0 Å². The Kier molecular flexibility index (Phi) is 3.85. The molecule has 1 heterocycles. The van der Waals surface area contributed by atoms with Gasteiger partial charge in [0.25, 0.3) is 0 Å². The van der Waals surface area contributed by atoms with Crippen LogP contribution < -0.4 is 10.6 Å². The van der Waals surface area contributed by atoms with Crippen molar-refractivity contribution >= 4 is 5.91 Å². The van der Waals surface area contributed by atoms with E-state index >= 15 is 0 Å². The third-order valence-electron chi connectivity index (χ3n) is 4.12. The van der Waals surface area contributed by atoms with Gasteiger partial charge in [-0.25, -0.2) is 0 Å². The van der Waals surface area contributed by atoms with Crippen LogP contribution in [0.3, 0.4) is 0 Å². The van der Waals surface area contributed by atoms with Crippen LogP contribution in [0.15, 0.2) is 0 Å². The van der Waals surface area contributed by atoms with E-state index in [0.29, 0.717) is 30.0 Å². The molecule has 0 aromatic heterocycles. The molecule has 0 spiro atoms. The van der Waals surface area contributed by atoms with E-state index in [1.54, 1.807) is 0 Å². The standard InChI is InChI=1S/C13H24N2O/c1-9-7-8-12(10(2)14-9)15-13(16)11-5-3-4-6-11/h9-12,14H,3-8H2,1-2H3,(H,15,16). The number of carbonyl (C=O) groups is 1. The van der Waals surface area contributed by atoms with E-state index in [0.717, 1.165) is 19.3 Å². The summed E-state index contributed by atoms with van der Waals surface area (Å²) in [6.07, 6.45) is 6.93. The number of amides is 1. The van der Waals surface area contributed by atoms with E-state index in [1.165, 1.54) is 19.3 Å². The summed E-state index contributed by atoms with van der Waals surface area (Å²) >= 11 is 0. The van der Waals surface area contributed by atoms with E-state index in [9.17, 15) is 4.79 Å². The number of piperidine rings is 1. The topological polar surface area (TPSA) is 41.1 Å². The summed E-state index contributed by atoms with van der Waals surface area (Å²) in [4.78, 5) is 12.0. The summed E-state index contributed by atoms with van der Waals surface area (Å²) in [5, 5.41) is 6.74. The number of hydrogen-bond acceptors (Lipinski definition) is 2. The van der Waals surface area contributed by atoms with Gasteiger partial charge in [0.05, 0.1) is 0 Å². The molecule has 3 nitrogen and oxygen atoms in total. The van der Waals surface area contributed by atoms with E-state index in [4.69, 9.17) is 0 Å². The van der Waals surface area contributed by atoms with Crippen molar-refractivity contribution in [3.8, 4) is 0 Å². The first-order valence-corrected chi connectivity index (χ1v) is 6.73. The van der Waals surface area contributed by atoms with Crippen molar-refractivity contribution in [3.63, 3.8) is 0 Å². The van der Waals surface area contributed by atoms with Crippen LogP contribution in [0.25, 0.3) is 0 Å². The molecule has 0 aromatic rings. The molecule has 3 heteroatoms. The maximum atomic E-state index is 12.0. The van der Waals surface area contributed by atoms with E-state index in [1.807, 2.05) is 0 Å². The van der Waals surface area contributed by atoms with Crippen molar-refractivity contribution in [2.24, 2.45) is 5.92 Å². The SMILES string of the molecule is CC1CCC(NC(=O)C2CCCC2)C(C)N1. The second-order valence-electron chi connectivity index (χ2n) is 5.53. The number of hydrogen-bond donors (Lipinski definition) is 2.